The summed E-state index contributed by atoms with van der Waals surface area (Å²) in [6.45, 7) is 6.27. The normalized spacial score (nSPS) is 12.2. The maximum absolute atomic E-state index is 6.12. The molecule has 2 aromatic rings. The second-order valence-electron chi connectivity index (χ2n) is 4.90. The third-order valence-electron chi connectivity index (χ3n) is 3.46. The highest BCUT2D eigenvalue weighted by molar-refractivity contribution is 5.41. The lowest BCUT2D eigenvalue weighted by molar-refractivity contribution is 0.468. The average Bonchev–Trinajstić information content (AvgIpc) is 2.43. The van der Waals surface area contributed by atoms with E-state index in [0.29, 0.717) is 0 Å². The summed E-state index contributed by atoms with van der Waals surface area (Å²) in [5.41, 5.74) is 9.68. The van der Waals surface area contributed by atoms with Crippen LogP contribution >= 0.6 is 0 Å². The Kier molecular flexibility index (Phi) is 4.23. The van der Waals surface area contributed by atoms with E-state index in [9.17, 15) is 0 Å². The first-order chi connectivity index (χ1) is 9.11. The highest BCUT2D eigenvalue weighted by atomic mass is 16.5. The lowest BCUT2D eigenvalue weighted by Gasteiger charge is -2.16. The van der Waals surface area contributed by atoms with Crippen molar-refractivity contribution in [2.75, 3.05) is 0 Å². The monoisotopic (exact) mass is 255 g/mol. The molecular weight excluding hydrogens is 234 g/mol. The van der Waals surface area contributed by atoms with Crippen LogP contribution in [0.25, 0.3) is 0 Å². The number of para-hydroxylation sites is 1. The fraction of sp³-hybridized carbons (Fsp3) is 0.294. The van der Waals surface area contributed by atoms with Gasteiger partial charge in [0.1, 0.15) is 11.5 Å². The van der Waals surface area contributed by atoms with E-state index in [2.05, 4.69) is 32.9 Å². The van der Waals surface area contributed by atoms with Crippen molar-refractivity contribution in [1.29, 1.82) is 0 Å². The largest absolute Gasteiger partial charge is 0.457 e. The first kappa shape index (κ1) is 13.6. The molecule has 0 aliphatic rings. The highest BCUT2D eigenvalue weighted by Gasteiger charge is 2.10. The summed E-state index contributed by atoms with van der Waals surface area (Å²) in [6.07, 6.45) is 0.896. The topological polar surface area (TPSA) is 35.2 Å². The van der Waals surface area contributed by atoms with E-state index in [0.717, 1.165) is 23.5 Å². The molecule has 0 spiro atoms. The van der Waals surface area contributed by atoms with Gasteiger partial charge in [-0.2, -0.15) is 0 Å². The minimum absolute atomic E-state index is 0.0164. The van der Waals surface area contributed by atoms with Crippen LogP contribution in [0.3, 0.4) is 0 Å². The highest BCUT2D eigenvalue weighted by Crippen LogP contribution is 2.30. The van der Waals surface area contributed by atoms with Gasteiger partial charge < -0.3 is 10.5 Å². The van der Waals surface area contributed by atoms with E-state index in [1.54, 1.807) is 0 Å². The van der Waals surface area contributed by atoms with E-state index in [-0.39, 0.29) is 6.04 Å². The molecule has 0 bridgehead atoms. The fourth-order valence-electron chi connectivity index (χ4n) is 2.00. The number of benzene rings is 2. The molecule has 2 rings (SSSR count). The minimum Gasteiger partial charge on any atom is -0.457 e. The summed E-state index contributed by atoms with van der Waals surface area (Å²) < 4.78 is 5.99. The number of hydrogen-bond acceptors (Lipinski definition) is 2. The first-order valence-electron chi connectivity index (χ1n) is 6.71. The molecule has 0 heterocycles. The van der Waals surface area contributed by atoms with E-state index in [1.165, 1.54) is 11.1 Å². The van der Waals surface area contributed by atoms with Crippen LogP contribution in [-0.4, -0.2) is 0 Å². The molecule has 0 aliphatic carbocycles. The molecule has 19 heavy (non-hydrogen) atoms. The zero-order chi connectivity index (χ0) is 13.8. The Balaban J connectivity index is 2.30. The Labute approximate surface area is 115 Å². The van der Waals surface area contributed by atoms with Gasteiger partial charge in [-0.25, -0.2) is 0 Å². The lowest BCUT2D eigenvalue weighted by Crippen LogP contribution is -2.09. The van der Waals surface area contributed by atoms with Crippen LogP contribution in [0.5, 0.6) is 11.5 Å². The van der Waals surface area contributed by atoms with Gasteiger partial charge in [0.25, 0.3) is 0 Å². The number of ether oxygens (including phenoxy) is 1. The molecule has 0 radical (unpaired) electrons. The number of nitrogens with two attached hydrogens (primary N) is 1. The van der Waals surface area contributed by atoms with Gasteiger partial charge in [0.15, 0.2) is 0 Å². The Morgan fingerprint density at radius 3 is 2.47 bits per heavy atom. The van der Waals surface area contributed by atoms with Crippen molar-refractivity contribution in [2.24, 2.45) is 5.73 Å². The van der Waals surface area contributed by atoms with Gasteiger partial charge in [-0.3, -0.25) is 0 Å². The maximum Gasteiger partial charge on any atom is 0.132 e. The van der Waals surface area contributed by atoms with Crippen molar-refractivity contribution in [2.45, 2.75) is 33.2 Å². The van der Waals surface area contributed by atoms with Gasteiger partial charge in [-0.15, -0.1) is 0 Å². The van der Waals surface area contributed by atoms with Crippen LogP contribution in [0.15, 0.2) is 42.5 Å². The van der Waals surface area contributed by atoms with Crippen LogP contribution in [0.4, 0.5) is 0 Å². The summed E-state index contributed by atoms with van der Waals surface area (Å²) in [4.78, 5) is 0. The smallest absolute Gasteiger partial charge is 0.132 e. The van der Waals surface area contributed by atoms with E-state index >= 15 is 0 Å². The molecule has 0 aromatic heterocycles. The lowest BCUT2D eigenvalue weighted by atomic mass is 10.0. The van der Waals surface area contributed by atoms with E-state index < -0.39 is 0 Å². The summed E-state index contributed by atoms with van der Waals surface area (Å²) in [5, 5.41) is 0. The quantitative estimate of drug-likeness (QED) is 0.872. The standard InChI is InChI=1S/C17H21NO/c1-4-16(18)15-7-5-6-8-17(15)19-14-10-9-12(2)13(3)11-14/h5-11,16H,4,18H2,1-3H3/t16-/m1/s1. The van der Waals surface area contributed by atoms with Crippen molar-refractivity contribution in [3.05, 3.63) is 59.2 Å². The molecule has 0 aliphatic heterocycles. The van der Waals surface area contributed by atoms with Gasteiger partial charge >= 0.3 is 0 Å². The molecule has 2 nitrogen and oxygen atoms in total. The molecule has 100 valence electrons. The third-order valence-corrected chi connectivity index (χ3v) is 3.46. The molecule has 0 saturated carbocycles. The predicted octanol–water partition coefficient (Wildman–Crippen LogP) is 4.51. The SMILES string of the molecule is CC[C@@H](N)c1ccccc1Oc1ccc(C)c(C)c1. The van der Waals surface area contributed by atoms with Crippen molar-refractivity contribution < 1.29 is 4.74 Å². The van der Waals surface area contributed by atoms with Crippen molar-refractivity contribution in [1.82, 2.24) is 0 Å². The first-order valence-corrected chi connectivity index (χ1v) is 6.71. The number of hydrogen-bond donors (Lipinski definition) is 1. The molecule has 0 fully saturated rings. The maximum atomic E-state index is 6.12. The summed E-state index contributed by atoms with van der Waals surface area (Å²) in [5.74, 6) is 1.71. The fourth-order valence-corrected chi connectivity index (χ4v) is 2.00. The molecule has 1 atom stereocenters. The second kappa shape index (κ2) is 5.89. The molecular formula is C17H21NO. The minimum atomic E-state index is 0.0164. The van der Waals surface area contributed by atoms with Gasteiger partial charge in [0.2, 0.25) is 0 Å². The molecule has 0 unspecified atom stereocenters. The van der Waals surface area contributed by atoms with E-state index in [1.807, 2.05) is 30.3 Å². The summed E-state index contributed by atoms with van der Waals surface area (Å²) in [6, 6.07) is 14.1. The van der Waals surface area contributed by atoms with Gasteiger partial charge in [0.05, 0.1) is 0 Å². The molecule has 0 saturated heterocycles. The van der Waals surface area contributed by atoms with Crippen LogP contribution < -0.4 is 10.5 Å². The number of rotatable bonds is 4. The zero-order valence-corrected chi connectivity index (χ0v) is 11.8. The van der Waals surface area contributed by atoms with Crippen molar-refractivity contribution in [3.63, 3.8) is 0 Å². The average molecular weight is 255 g/mol. The van der Waals surface area contributed by atoms with Gasteiger partial charge in [-0.1, -0.05) is 31.2 Å². The Morgan fingerprint density at radius 2 is 1.79 bits per heavy atom. The Bertz CT molecular complexity index is 563. The van der Waals surface area contributed by atoms with Crippen LogP contribution in [0, 0.1) is 13.8 Å². The van der Waals surface area contributed by atoms with Crippen LogP contribution in [-0.2, 0) is 0 Å². The Morgan fingerprint density at radius 1 is 1.05 bits per heavy atom. The van der Waals surface area contributed by atoms with Crippen LogP contribution in [0.1, 0.15) is 36.1 Å². The van der Waals surface area contributed by atoms with E-state index in [4.69, 9.17) is 10.5 Å². The third kappa shape index (κ3) is 3.15. The predicted molar refractivity (Wildman–Crippen MR) is 79.7 cm³/mol. The van der Waals surface area contributed by atoms with Crippen LogP contribution in [0.2, 0.25) is 0 Å². The molecule has 2 aromatic carbocycles. The summed E-state index contributed by atoms with van der Waals surface area (Å²) in [7, 11) is 0. The molecule has 0 amide bonds. The van der Waals surface area contributed by atoms with Gasteiger partial charge in [0, 0.05) is 11.6 Å². The zero-order valence-electron chi connectivity index (χ0n) is 11.8. The van der Waals surface area contributed by atoms with Gasteiger partial charge in [-0.05, 0) is 49.6 Å². The van der Waals surface area contributed by atoms with Crippen molar-refractivity contribution in [3.8, 4) is 11.5 Å². The second-order valence-corrected chi connectivity index (χ2v) is 4.90. The molecule has 2 heteroatoms. The summed E-state index contributed by atoms with van der Waals surface area (Å²) >= 11 is 0. The molecule has 2 N–H and O–H groups in total. The number of aryl methyl sites for hydroxylation is 2. The van der Waals surface area contributed by atoms with Crippen molar-refractivity contribution >= 4 is 0 Å². The Hall–Kier alpha value is -1.80.